The number of aromatic nitrogens is 2. The molecule has 4 aromatic rings. The molecule has 2 N–H and O–H groups in total. The van der Waals surface area contributed by atoms with Crippen LogP contribution < -0.4 is 20.9 Å². The summed E-state index contributed by atoms with van der Waals surface area (Å²) >= 11 is 0. The van der Waals surface area contributed by atoms with Crippen molar-refractivity contribution < 1.29 is 27.8 Å². The molecule has 2 saturated heterocycles. The first-order valence-electron chi connectivity index (χ1n) is 13.9. The maximum atomic E-state index is 14.4. The first kappa shape index (κ1) is 29.8. The molecule has 44 heavy (non-hydrogen) atoms. The van der Waals surface area contributed by atoms with E-state index in [1.807, 2.05) is 60.7 Å². The van der Waals surface area contributed by atoms with E-state index < -0.39 is 56.2 Å². The fraction of sp³-hybridized carbons (Fsp3) is 0.310. The van der Waals surface area contributed by atoms with Crippen molar-refractivity contribution in [1.82, 2.24) is 14.6 Å². The number of H-pyrrole nitrogens is 1. The molecule has 0 bridgehead atoms. The number of azide groups is 1. The van der Waals surface area contributed by atoms with E-state index in [4.69, 9.17) is 23.3 Å². The second-order valence-corrected chi connectivity index (χ2v) is 12.1. The summed E-state index contributed by atoms with van der Waals surface area (Å²) in [6.07, 6.45) is -0.540. The Hall–Kier alpha value is -4.26. The van der Waals surface area contributed by atoms with E-state index in [2.05, 4.69) is 20.1 Å². The highest BCUT2D eigenvalue weighted by molar-refractivity contribution is 7.52. The van der Waals surface area contributed by atoms with Gasteiger partial charge in [-0.25, -0.2) is 14.4 Å². The van der Waals surface area contributed by atoms with Crippen molar-refractivity contribution in [2.24, 2.45) is 5.11 Å². The highest BCUT2D eigenvalue weighted by atomic mass is 31.2. The van der Waals surface area contributed by atoms with E-state index in [0.29, 0.717) is 11.1 Å². The molecule has 1 unspecified atom stereocenters. The van der Waals surface area contributed by atoms with E-state index in [0.717, 1.165) is 10.9 Å². The minimum Gasteiger partial charge on any atom is -0.413 e. The van der Waals surface area contributed by atoms with E-state index in [1.165, 1.54) is 16.8 Å². The van der Waals surface area contributed by atoms with Crippen LogP contribution in [0, 0.1) is 0 Å². The molecule has 0 radical (unpaired) electrons. The minimum absolute atomic E-state index is 0.130. The number of ether oxygens (including phenoxy) is 3. The highest BCUT2D eigenvalue weighted by Crippen LogP contribution is 2.50. The SMILES string of the molecule is C[C@H](NP(=O)(OC[C@]1(N=[N+]=[N-])CC[C@H](n2ccc(=O)[nH]c2=O)O1)Oc1cccc2ccccc12)C1OC(c2ccccc2)O1. The lowest BCUT2D eigenvalue weighted by Crippen LogP contribution is -2.48. The topological polar surface area (TPSA) is 179 Å². The van der Waals surface area contributed by atoms with Gasteiger partial charge >= 0.3 is 13.4 Å². The van der Waals surface area contributed by atoms with Crippen molar-refractivity contribution in [2.45, 2.75) is 50.3 Å². The zero-order chi connectivity index (χ0) is 30.7. The van der Waals surface area contributed by atoms with Gasteiger partial charge in [-0.15, -0.1) is 0 Å². The number of hydrogen-bond donors (Lipinski definition) is 2. The largest absolute Gasteiger partial charge is 0.459 e. The normalized spacial score (nSPS) is 25.0. The Morgan fingerprint density at radius 1 is 1.11 bits per heavy atom. The summed E-state index contributed by atoms with van der Waals surface area (Å²) in [7, 11) is -4.24. The van der Waals surface area contributed by atoms with Crippen molar-refractivity contribution >= 4 is 18.5 Å². The maximum Gasteiger partial charge on any atom is 0.459 e. The Bertz CT molecular complexity index is 1850. The van der Waals surface area contributed by atoms with Crippen LogP contribution in [0.3, 0.4) is 0 Å². The second kappa shape index (κ2) is 12.4. The first-order valence-corrected chi connectivity index (χ1v) is 15.4. The van der Waals surface area contributed by atoms with Gasteiger partial charge in [0, 0.05) is 28.1 Å². The summed E-state index contributed by atoms with van der Waals surface area (Å²) in [5.41, 5.74) is 7.33. The Labute approximate surface area is 250 Å². The maximum absolute atomic E-state index is 14.4. The molecular weight excluding hydrogens is 591 g/mol. The van der Waals surface area contributed by atoms with Crippen LogP contribution >= 0.6 is 7.75 Å². The molecule has 0 amide bonds. The summed E-state index contributed by atoms with van der Waals surface area (Å²) in [4.78, 5) is 28.9. The van der Waals surface area contributed by atoms with Crippen molar-refractivity contribution in [2.75, 3.05) is 6.61 Å². The molecule has 14 nitrogen and oxygen atoms in total. The van der Waals surface area contributed by atoms with E-state index >= 15 is 0 Å². The monoisotopic (exact) mass is 620 g/mol. The van der Waals surface area contributed by atoms with Crippen LogP contribution in [0.1, 0.15) is 37.8 Å². The Morgan fingerprint density at radius 3 is 2.64 bits per heavy atom. The molecule has 3 aromatic carbocycles. The van der Waals surface area contributed by atoms with Gasteiger partial charge in [-0.3, -0.25) is 18.9 Å². The van der Waals surface area contributed by atoms with Crippen molar-refractivity contribution in [3.8, 4) is 5.75 Å². The zero-order valence-corrected chi connectivity index (χ0v) is 24.4. The van der Waals surface area contributed by atoms with Gasteiger partial charge in [0.1, 0.15) is 12.0 Å². The van der Waals surface area contributed by atoms with Crippen LogP contribution in [0.2, 0.25) is 0 Å². The first-order chi connectivity index (χ1) is 21.3. The van der Waals surface area contributed by atoms with Crippen molar-refractivity contribution in [3.63, 3.8) is 0 Å². The average Bonchev–Trinajstić information content (AvgIpc) is 3.40. The lowest BCUT2D eigenvalue weighted by Gasteiger charge is -2.40. The number of nitrogens with one attached hydrogen (secondary N) is 2. The molecule has 0 spiro atoms. The molecule has 3 heterocycles. The van der Waals surface area contributed by atoms with Gasteiger partial charge in [-0.1, -0.05) is 71.8 Å². The number of nitrogens with zero attached hydrogens (tertiary/aromatic N) is 4. The average molecular weight is 621 g/mol. The summed E-state index contributed by atoms with van der Waals surface area (Å²) in [6, 6.07) is 22.7. The number of aromatic amines is 1. The highest BCUT2D eigenvalue weighted by Gasteiger charge is 2.46. The molecule has 0 saturated carbocycles. The lowest BCUT2D eigenvalue weighted by atomic mass is 10.1. The number of benzene rings is 3. The van der Waals surface area contributed by atoms with Gasteiger partial charge < -0.3 is 18.7 Å². The third-order valence-electron chi connectivity index (χ3n) is 7.31. The summed E-state index contributed by atoms with van der Waals surface area (Å²) in [6.45, 7) is 1.23. The molecule has 6 rings (SSSR count). The van der Waals surface area contributed by atoms with Crippen LogP contribution in [-0.2, 0) is 23.3 Å². The zero-order valence-electron chi connectivity index (χ0n) is 23.5. The van der Waals surface area contributed by atoms with Gasteiger partial charge in [0.2, 0.25) is 0 Å². The van der Waals surface area contributed by atoms with Gasteiger partial charge in [-0.05, 0) is 36.7 Å². The number of fused-ring (bicyclic) bond motifs is 1. The van der Waals surface area contributed by atoms with Gasteiger partial charge in [0.25, 0.3) is 5.56 Å². The number of hydrogen-bond acceptors (Lipinski definition) is 9. The van der Waals surface area contributed by atoms with Crippen LogP contribution in [0.15, 0.2) is 99.8 Å². The fourth-order valence-electron chi connectivity index (χ4n) is 5.11. The molecule has 1 aromatic heterocycles. The van der Waals surface area contributed by atoms with Crippen LogP contribution in [0.5, 0.6) is 5.75 Å². The molecule has 228 valence electrons. The Kier molecular flexibility index (Phi) is 8.39. The Balaban J connectivity index is 1.23. The van der Waals surface area contributed by atoms with E-state index in [-0.39, 0.29) is 12.8 Å². The predicted octanol–water partition coefficient (Wildman–Crippen LogP) is 5.26. The molecule has 4 atom stereocenters. The quantitative estimate of drug-likeness (QED) is 0.0979. The van der Waals surface area contributed by atoms with E-state index in [1.54, 1.807) is 19.1 Å². The summed E-state index contributed by atoms with van der Waals surface area (Å²) in [5, 5.41) is 8.28. The lowest BCUT2D eigenvalue weighted by molar-refractivity contribution is -0.395. The third-order valence-corrected chi connectivity index (χ3v) is 8.94. The summed E-state index contributed by atoms with van der Waals surface area (Å²) in [5.74, 6) is 0.298. The second-order valence-electron chi connectivity index (χ2n) is 10.4. The number of rotatable bonds is 11. The molecule has 15 heteroatoms. The predicted molar refractivity (Wildman–Crippen MR) is 158 cm³/mol. The molecule has 2 aliphatic heterocycles. The van der Waals surface area contributed by atoms with Crippen LogP contribution in [-0.4, -0.2) is 34.2 Å². The van der Waals surface area contributed by atoms with E-state index in [9.17, 15) is 19.7 Å². The van der Waals surface area contributed by atoms with Gasteiger partial charge in [0.05, 0.1) is 12.6 Å². The molecule has 0 aliphatic carbocycles. The van der Waals surface area contributed by atoms with Crippen molar-refractivity contribution in [1.29, 1.82) is 0 Å². The van der Waals surface area contributed by atoms with Gasteiger partial charge in [-0.2, -0.15) is 0 Å². The minimum atomic E-state index is -4.24. The molecular formula is C29H29N6O8P. The van der Waals surface area contributed by atoms with Crippen LogP contribution in [0.25, 0.3) is 21.2 Å². The molecule has 2 aliphatic rings. The van der Waals surface area contributed by atoms with Gasteiger partial charge in [0.15, 0.2) is 18.3 Å². The van der Waals surface area contributed by atoms with Crippen LogP contribution in [0.4, 0.5) is 0 Å². The molecule has 2 fully saturated rings. The standard InChI is InChI=1S/C29H29N6O8P/c1-19(26-40-27(41-26)21-9-3-2-4-10-21)32-44(38,43-23-13-7-11-20-8-5-6-12-22(20)23)39-18-29(33-34-30)16-14-25(42-29)35-17-15-24(36)31-28(35)37/h2-13,15,17,19,25-27H,14,16,18H2,1H3,(H,32,38)(H,31,36,37)/t19-,25+,26?,27?,29-,44?/m0/s1. The Morgan fingerprint density at radius 2 is 1.86 bits per heavy atom. The van der Waals surface area contributed by atoms with Crippen molar-refractivity contribution in [3.05, 3.63) is 122 Å². The smallest absolute Gasteiger partial charge is 0.413 e. The third kappa shape index (κ3) is 6.33. The summed E-state index contributed by atoms with van der Waals surface area (Å²) < 4.78 is 45.4. The fourth-order valence-corrected chi connectivity index (χ4v) is 6.70.